The number of hydrogen-bond acceptors (Lipinski definition) is 2. The van der Waals surface area contributed by atoms with Gasteiger partial charge in [-0.3, -0.25) is 9.59 Å². The number of hydrogen-bond donors (Lipinski definition) is 2. The van der Waals surface area contributed by atoms with Crippen molar-refractivity contribution in [3.8, 4) is 0 Å². The highest BCUT2D eigenvalue weighted by Gasteiger charge is 2.26. The summed E-state index contributed by atoms with van der Waals surface area (Å²) in [6.07, 6.45) is 0.635. The van der Waals surface area contributed by atoms with Crippen molar-refractivity contribution in [2.45, 2.75) is 25.2 Å². The predicted octanol–water partition coefficient (Wildman–Crippen LogP) is 3.14. The number of rotatable bonds is 5. The second kappa shape index (κ2) is 7.42. The van der Waals surface area contributed by atoms with Gasteiger partial charge >= 0.3 is 0 Å². The lowest BCUT2D eigenvalue weighted by molar-refractivity contribution is -0.121. The molecule has 4 nitrogen and oxygen atoms in total. The fourth-order valence-corrected chi connectivity index (χ4v) is 3.05. The van der Waals surface area contributed by atoms with Crippen LogP contribution < -0.4 is 10.6 Å². The number of nitrogens with one attached hydrogen (secondary N) is 2. The quantitative estimate of drug-likeness (QED) is 0.875. The molecule has 0 spiro atoms. The standard InChI is InChI=1S/C19H18F2N2O2/c20-14-5-6-16(21)12(9-14)7-8-22-18(24)10-13-11-19(25)23-17-4-2-1-3-15(13)17/h1-6,9,13H,7-8,10-11H2,(H,22,24)(H,23,25). The van der Waals surface area contributed by atoms with E-state index in [0.717, 1.165) is 29.4 Å². The van der Waals surface area contributed by atoms with Crippen molar-refractivity contribution < 1.29 is 18.4 Å². The fourth-order valence-electron chi connectivity index (χ4n) is 3.05. The summed E-state index contributed by atoms with van der Waals surface area (Å²) in [7, 11) is 0. The Balaban J connectivity index is 1.56. The molecule has 0 saturated heterocycles. The molecular weight excluding hydrogens is 326 g/mol. The lowest BCUT2D eigenvalue weighted by atomic mass is 9.88. The van der Waals surface area contributed by atoms with Gasteiger partial charge in [0.25, 0.3) is 0 Å². The number of fused-ring (bicyclic) bond motifs is 1. The Labute approximate surface area is 144 Å². The normalized spacial score (nSPS) is 16.1. The lowest BCUT2D eigenvalue weighted by Gasteiger charge is -2.25. The van der Waals surface area contributed by atoms with Gasteiger partial charge in [-0.2, -0.15) is 0 Å². The molecule has 1 heterocycles. The smallest absolute Gasteiger partial charge is 0.225 e. The molecule has 1 atom stereocenters. The van der Waals surface area contributed by atoms with Gasteiger partial charge < -0.3 is 10.6 Å². The maximum Gasteiger partial charge on any atom is 0.225 e. The van der Waals surface area contributed by atoms with Crippen LogP contribution in [0.1, 0.15) is 29.9 Å². The maximum atomic E-state index is 13.6. The van der Waals surface area contributed by atoms with Gasteiger partial charge in [-0.15, -0.1) is 0 Å². The van der Waals surface area contributed by atoms with Crippen molar-refractivity contribution >= 4 is 17.5 Å². The Morgan fingerprint density at radius 3 is 2.84 bits per heavy atom. The molecule has 0 aliphatic carbocycles. The Morgan fingerprint density at radius 1 is 1.20 bits per heavy atom. The van der Waals surface area contributed by atoms with Gasteiger partial charge in [0, 0.05) is 31.0 Å². The zero-order chi connectivity index (χ0) is 17.8. The van der Waals surface area contributed by atoms with Gasteiger partial charge in [0.15, 0.2) is 0 Å². The molecule has 0 fully saturated rings. The SMILES string of the molecule is O=C(CC1CC(=O)Nc2ccccc21)NCCc1cc(F)ccc1F. The van der Waals surface area contributed by atoms with E-state index < -0.39 is 11.6 Å². The van der Waals surface area contributed by atoms with Crippen LogP contribution in [0.2, 0.25) is 0 Å². The Morgan fingerprint density at radius 2 is 2.00 bits per heavy atom. The summed E-state index contributed by atoms with van der Waals surface area (Å²) in [6, 6.07) is 10.7. The van der Waals surface area contributed by atoms with Gasteiger partial charge in [0.05, 0.1) is 0 Å². The predicted molar refractivity (Wildman–Crippen MR) is 90.1 cm³/mol. The highest BCUT2D eigenvalue weighted by Crippen LogP contribution is 2.34. The van der Waals surface area contributed by atoms with Gasteiger partial charge in [-0.25, -0.2) is 8.78 Å². The molecule has 1 unspecified atom stereocenters. The molecule has 130 valence electrons. The van der Waals surface area contributed by atoms with E-state index in [1.807, 2.05) is 24.3 Å². The van der Waals surface area contributed by atoms with Crippen molar-refractivity contribution in [2.24, 2.45) is 0 Å². The molecule has 1 aliphatic rings. The molecule has 0 bridgehead atoms. The van der Waals surface area contributed by atoms with Crippen molar-refractivity contribution in [1.82, 2.24) is 5.32 Å². The summed E-state index contributed by atoms with van der Waals surface area (Å²) in [5, 5.41) is 5.50. The van der Waals surface area contributed by atoms with Crippen LogP contribution in [0, 0.1) is 11.6 Å². The van der Waals surface area contributed by atoms with E-state index in [1.165, 1.54) is 0 Å². The van der Waals surface area contributed by atoms with E-state index in [-0.39, 0.29) is 49.1 Å². The Kier molecular flexibility index (Phi) is 5.07. The highest BCUT2D eigenvalue weighted by atomic mass is 19.1. The monoisotopic (exact) mass is 344 g/mol. The van der Waals surface area contributed by atoms with Crippen molar-refractivity contribution in [3.63, 3.8) is 0 Å². The molecular formula is C19H18F2N2O2. The molecule has 1 aliphatic heterocycles. The van der Waals surface area contributed by atoms with E-state index in [1.54, 1.807) is 0 Å². The first kappa shape index (κ1) is 17.1. The minimum atomic E-state index is -0.507. The van der Waals surface area contributed by atoms with Crippen LogP contribution >= 0.6 is 0 Å². The molecule has 0 radical (unpaired) electrons. The number of amides is 2. The third kappa shape index (κ3) is 4.21. The van der Waals surface area contributed by atoms with E-state index in [2.05, 4.69) is 10.6 Å². The van der Waals surface area contributed by atoms with Crippen molar-refractivity contribution in [3.05, 3.63) is 65.2 Å². The third-order valence-electron chi connectivity index (χ3n) is 4.26. The summed E-state index contributed by atoms with van der Waals surface area (Å²) in [6.45, 7) is 0.208. The number of carbonyl (C=O) groups is 2. The van der Waals surface area contributed by atoms with Crippen molar-refractivity contribution in [2.75, 3.05) is 11.9 Å². The molecule has 2 aromatic rings. The molecule has 0 aromatic heterocycles. The van der Waals surface area contributed by atoms with Gasteiger partial charge in [-0.05, 0) is 41.8 Å². The van der Waals surface area contributed by atoms with Crippen LogP contribution in [0.25, 0.3) is 0 Å². The average molecular weight is 344 g/mol. The number of carbonyl (C=O) groups excluding carboxylic acids is 2. The fraction of sp³-hybridized carbons (Fsp3) is 0.263. The largest absolute Gasteiger partial charge is 0.356 e. The summed E-state index contributed by atoms with van der Waals surface area (Å²) in [5.41, 5.74) is 1.90. The molecule has 2 amide bonds. The van der Waals surface area contributed by atoms with E-state index in [9.17, 15) is 18.4 Å². The summed E-state index contributed by atoms with van der Waals surface area (Å²) in [5.74, 6) is -1.51. The molecule has 0 saturated carbocycles. The first-order chi connectivity index (χ1) is 12.0. The van der Waals surface area contributed by atoms with Crippen LogP contribution in [-0.4, -0.2) is 18.4 Å². The van der Waals surface area contributed by atoms with Gasteiger partial charge in [0.2, 0.25) is 11.8 Å². The van der Waals surface area contributed by atoms with Crippen molar-refractivity contribution in [1.29, 1.82) is 0 Å². The molecule has 25 heavy (non-hydrogen) atoms. The van der Waals surface area contributed by atoms with Crippen LogP contribution in [0.4, 0.5) is 14.5 Å². The van der Waals surface area contributed by atoms with E-state index >= 15 is 0 Å². The lowest BCUT2D eigenvalue weighted by Crippen LogP contribution is -2.30. The molecule has 3 rings (SSSR count). The maximum absolute atomic E-state index is 13.6. The molecule has 6 heteroatoms. The van der Waals surface area contributed by atoms with Gasteiger partial charge in [-0.1, -0.05) is 18.2 Å². The van der Waals surface area contributed by atoms with Crippen LogP contribution in [0.5, 0.6) is 0 Å². The van der Waals surface area contributed by atoms with Crippen LogP contribution in [0.3, 0.4) is 0 Å². The molecule has 2 aromatic carbocycles. The Bertz CT molecular complexity index is 808. The number of anilines is 1. The third-order valence-corrected chi connectivity index (χ3v) is 4.26. The highest BCUT2D eigenvalue weighted by molar-refractivity contribution is 5.95. The summed E-state index contributed by atoms with van der Waals surface area (Å²) >= 11 is 0. The second-order valence-corrected chi connectivity index (χ2v) is 6.08. The first-order valence-electron chi connectivity index (χ1n) is 8.12. The number of para-hydroxylation sites is 1. The first-order valence-corrected chi connectivity index (χ1v) is 8.12. The zero-order valence-corrected chi connectivity index (χ0v) is 13.5. The summed E-state index contributed by atoms with van der Waals surface area (Å²) < 4.78 is 26.7. The number of benzene rings is 2. The molecule has 2 N–H and O–H groups in total. The second-order valence-electron chi connectivity index (χ2n) is 6.08. The Hall–Kier alpha value is -2.76. The average Bonchev–Trinajstić information content (AvgIpc) is 2.58. The van der Waals surface area contributed by atoms with Gasteiger partial charge in [0.1, 0.15) is 11.6 Å². The zero-order valence-electron chi connectivity index (χ0n) is 13.5. The summed E-state index contributed by atoms with van der Waals surface area (Å²) in [4.78, 5) is 23.9. The topological polar surface area (TPSA) is 58.2 Å². The minimum Gasteiger partial charge on any atom is -0.356 e. The number of halogens is 2. The van der Waals surface area contributed by atoms with Crippen LogP contribution in [0.15, 0.2) is 42.5 Å². The van der Waals surface area contributed by atoms with E-state index in [4.69, 9.17) is 0 Å². The van der Waals surface area contributed by atoms with E-state index in [0.29, 0.717) is 0 Å². The van der Waals surface area contributed by atoms with Crippen LogP contribution in [-0.2, 0) is 16.0 Å². The minimum absolute atomic E-state index is 0.113.